The van der Waals surface area contributed by atoms with E-state index in [-0.39, 0.29) is 11.3 Å². The van der Waals surface area contributed by atoms with Crippen molar-refractivity contribution >= 4 is 11.7 Å². The van der Waals surface area contributed by atoms with Crippen LogP contribution in [0.25, 0.3) is 0 Å². The van der Waals surface area contributed by atoms with Crippen molar-refractivity contribution in [2.45, 2.75) is 32.3 Å². The Bertz CT molecular complexity index is 366. The molecule has 0 aliphatic carbocycles. The lowest BCUT2D eigenvalue weighted by atomic mass is 9.96. The molecule has 0 saturated carbocycles. The lowest BCUT2D eigenvalue weighted by Gasteiger charge is -2.23. The van der Waals surface area contributed by atoms with E-state index in [0.717, 1.165) is 24.0 Å². The van der Waals surface area contributed by atoms with Crippen LogP contribution < -0.4 is 0 Å². The van der Waals surface area contributed by atoms with Gasteiger partial charge in [0.25, 0.3) is 0 Å². The van der Waals surface area contributed by atoms with Crippen molar-refractivity contribution < 1.29 is 14.6 Å². The smallest absolute Gasteiger partial charge is 0.354 e. The van der Waals surface area contributed by atoms with E-state index in [4.69, 9.17) is 9.84 Å². The highest BCUT2D eigenvalue weighted by molar-refractivity contribution is 6.43. The second-order valence-electron chi connectivity index (χ2n) is 4.60. The zero-order valence-electron chi connectivity index (χ0n) is 9.04. The first-order valence-corrected chi connectivity index (χ1v) is 5.12. The zero-order valence-corrected chi connectivity index (χ0v) is 9.04. The van der Waals surface area contributed by atoms with E-state index in [9.17, 15) is 4.79 Å². The molecule has 0 aromatic rings. The predicted molar refractivity (Wildman–Crippen MR) is 56.2 cm³/mol. The number of hydrogen-bond donors (Lipinski definition) is 1. The van der Waals surface area contributed by atoms with Gasteiger partial charge in [-0.2, -0.15) is 0 Å². The molecule has 0 bridgehead atoms. The van der Waals surface area contributed by atoms with E-state index in [1.165, 1.54) is 0 Å². The van der Waals surface area contributed by atoms with Crippen LogP contribution in [-0.4, -0.2) is 35.5 Å². The molecule has 0 amide bonds. The van der Waals surface area contributed by atoms with Gasteiger partial charge in [-0.05, 0) is 37.8 Å². The van der Waals surface area contributed by atoms with Crippen LogP contribution in [-0.2, 0) is 9.53 Å². The third kappa shape index (κ3) is 1.95. The Morgan fingerprint density at radius 2 is 2.27 bits per heavy atom. The van der Waals surface area contributed by atoms with Gasteiger partial charge in [-0.3, -0.25) is 4.99 Å². The molecule has 4 nitrogen and oxygen atoms in total. The lowest BCUT2D eigenvalue weighted by Crippen LogP contribution is -2.24. The first-order valence-electron chi connectivity index (χ1n) is 5.12. The van der Waals surface area contributed by atoms with E-state index in [2.05, 4.69) is 4.99 Å². The maximum absolute atomic E-state index is 10.9. The molecule has 0 radical (unpaired) electrons. The SMILES string of the molecule is CC1(C)CCC2=C(CN=C2C(=O)O)CO1. The number of rotatable bonds is 1. The van der Waals surface area contributed by atoms with Crippen molar-refractivity contribution in [2.24, 2.45) is 4.99 Å². The first kappa shape index (κ1) is 10.4. The molecule has 2 aliphatic heterocycles. The molecule has 0 unspecified atom stereocenters. The van der Waals surface area contributed by atoms with E-state index < -0.39 is 5.97 Å². The van der Waals surface area contributed by atoms with Crippen molar-refractivity contribution in [3.8, 4) is 0 Å². The van der Waals surface area contributed by atoms with Gasteiger partial charge in [-0.15, -0.1) is 0 Å². The van der Waals surface area contributed by atoms with E-state index >= 15 is 0 Å². The fraction of sp³-hybridized carbons (Fsp3) is 0.636. The van der Waals surface area contributed by atoms with Crippen LogP contribution in [0.3, 0.4) is 0 Å². The van der Waals surface area contributed by atoms with Gasteiger partial charge in [0.1, 0.15) is 5.71 Å². The van der Waals surface area contributed by atoms with Gasteiger partial charge >= 0.3 is 5.97 Å². The van der Waals surface area contributed by atoms with Crippen molar-refractivity contribution in [3.63, 3.8) is 0 Å². The molecule has 0 fully saturated rings. The zero-order chi connectivity index (χ0) is 11.1. The Morgan fingerprint density at radius 3 is 2.93 bits per heavy atom. The standard InChI is InChI=1S/C11H15NO3/c1-11(2)4-3-8-7(6-15-11)5-12-9(8)10(13)14/h3-6H2,1-2H3,(H,13,14). The number of aliphatic imine (C=N–C) groups is 1. The molecule has 0 aromatic heterocycles. The third-order valence-corrected chi connectivity index (χ3v) is 2.96. The van der Waals surface area contributed by atoms with Crippen LogP contribution in [0, 0.1) is 0 Å². The van der Waals surface area contributed by atoms with E-state index in [0.29, 0.717) is 13.2 Å². The minimum Gasteiger partial charge on any atom is -0.477 e. The summed E-state index contributed by atoms with van der Waals surface area (Å²) >= 11 is 0. The molecule has 0 spiro atoms. The molecule has 4 heteroatoms. The number of carboxylic acids is 1. The normalized spacial score (nSPS) is 24.5. The number of nitrogens with zero attached hydrogens (tertiary/aromatic N) is 1. The van der Waals surface area contributed by atoms with Gasteiger partial charge < -0.3 is 9.84 Å². The maximum Gasteiger partial charge on any atom is 0.354 e. The molecule has 0 saturated heterocycles. The summed E-state index contributed by atoms with van der Waals surface area (Å²) < 4.78 is 5.71. The highest BCUT2D eigenvalue weighted by Crippen LogP contribution is 2.30. The Labute approximate surface area is 88.7 Å². The number of carboxylic acid groups (broad SMARTS) is 1. The van der Waals surface area contributed by atoms with Gasteiger partial charge in [0.15, 0.2) is 0 Å². The van der Waals surface area contributed by atoms with Gasteiger partial charge in [0, 0.05) is 0 Å². The summed E-state index contributed by atoms with van der Waals surface area (Å²) in [5.74, 6) is -0.917. The molecular weight excluding hydrogens is 194 g/mol. The number of hydrogen-bond acceptors (Lipinski definition) is 3. The highest BCUT2D eigenvalue weighted by atomic mass is 16.5. The molecular formula is C11H15NO3. The van der Waals surface area contributed by atoms with Crippen molar-refractivity contribution in [2.75, 3.05) is 13.2 Å². The van der Waals surface area contributed by atoms with Crippen LogP contribution in [0.15, 0.2) is 16.1 Å². The second kappa shape index (κ2) is 3.45. The summed E-state index contributed by atoms with van der Waals surface area (Å²) in [4.78, 5) is 15.0. The molecule has 2 aliphatic rings. The molecule has 82 valence electrons. The van der Waals surface area contributed by atoms with Crippen molar-refractivity contribution in [1.29, 1.82) is 0 Å². The number of aliphatic carboxylic acids is 1. The van der Waals surface area contributed by atoms with Gasteiger partial charge in [-0.25, -0.2) is 4.79 Å². The summed E-state index contributed by atoms with van der Waals surface area (Å²) in [6, 6.07) is 0. The van der Waals surface area contributed by atoms with Crippen molar-refractivity contribution in [1.82, 2.24) is 0 Å². The summed E-state index contributed by atoms with van der Waals surface area (Å²) in [6.07, 6.45) is 1.60. The molecule has 0 atom stereocenters. The van der Waals surface area contributed by atoms with E-state index in [1.54, 1.807) is 0 Å². The average molecular weight is 209 g/mol. The topological polar surface area (TPSA) is 58.9 Å². The van der Waals surface area contributed by atoms with Crippen LogP contribution >= 0.6 is 0 Å². The number of carbonyl (C=O) groups is 1. The Morgan fingerprint density at radius 1 is 1.53 bits per heavy atom. The van der Waals surface area contributed by atoms with Crippen molar-refractivity contribution in [3.05, 3.63) is 11.1 Å². The predicted octanol–water partition coefficient (Wildman–Crippen LogP) is 1.41. The number of ether oxygens (including phenoxy) is 1. The quantitative estimate of drug-likeness (QED) is 0.710. The highest BCUT2D eigenvalue weighted by Gasteiger charge is 2.31. The Balaban J connectivity index is 2.22. The van der Waals surface area contributed by atoms with Crippen LogP contribution in [0.4, 0.5) is 0 Å². The average Bonchev–Trinajstić information content (AvgIpc) is 2.49. The molecule has 2 rings (SSSR count). The molecule has 15 heavy (non-hydrogen) atoms. The molecule has 1 N–H and O–H groups in total. The van der Waals surface area contributed by atoms with Crippen LogP contribution in [0.5, 0.6) is 0 Å². The lowest BCUT2D eigenvalue weighted by molar-refractivity contribution is -0.129. The largest absolute Gasteiger partial charge is 0.477 e. The first-order chi connectivity index (χ1) is 6.99. The van der Waals surface area contributed by atoms with Crippen LogP contribution in [0.1, 0.15) is 26.7 Å². The fourth-order valence-corrected chi connectivity index (χ4v) is 1.94. The maximum atomic E-state index is 10.9. The fourth-order valence-electron chi connectivity index (χ4n) is 1.94. The summed E-state index contributed by atoms with van der Waals surface area (Å²) in [7, 11) is 0. The van der Waals surface area contributed by atoms with E-state index in [1.807, 2.05) is 13.8 Å². The summed E-state index contributed by atoms with van der Waals surface area (Å²) in [5.41, 5.74) is 2.02. The van der Waals surface area contributed by atoms with Gasteiger partial charge in [0.2, 0.25) is 0 Å². The summed E-state index contributed by atoms with van der Waals surface area (Å²) in [5, 5.41) is 8.97. The monoisotopic (exact) mass is 209 g/mol. The second-order valence-corrected chi connectivity index (χ2v) is 4.60. The van der Waals surface area contributed by atoms with Gasteiger partial charge in [0.05, 0.1) is 18.8 Å². The molecule has 2 heterocycles. The minimum absolute atomic E-state index is 0.159. The van der Waals surface area contributed by atoms with Gasteiger partial charge in [-0.1, -0.05) is 0 Å². The molecule has 0 aromatic carbocycles. The Hall–Kier alpha value is -1.16. The summed E-state index contributed by atoms with van der Waals surface area (Å²) in [6.45, 7) is 5.08. The third-order valence-electron chi connectivity index (χ3n) is 2.96. The Kier molecular flexibility index (Phi) is 2.38. The van der Waals surface area contributed by atoms with Crippen LogP contribution in [0.2, 0.25) is 0 Å². The minimum atomic E-state index is -0.917.